The zero-order valence-corrected chi connectivity index (χ0v) is 14.0. The van der Waals surface area contributed by atoms with Crippen molar-refractivity contribution in [3.63, 3.8) is 0 Å². The van der Waals surface area contributed by atoms with Crippen LogP contribution >= 0.6 is 0 Å². The van der Waals surface area contributed by atoms with Crippen molar-refractivity contribution >= 4 is 17.8 Å². The lowest BCUT2D eigenvalue weighted by Gasteiger charge is -2.33. The van der Waals surface area contributed by atoms with Gasteiger partial charge in [-0.15, -0.1) is 0 Å². The van der Waals surface area contributed by atoms with E-state index in [4.69, 9.17) is 9.94 Å². The summed E-state index contributed by atoms with van der Waals surface area (Å²) >= 11 is 0. The van der Waals surface area contributed by atoms with Crippen molar-refractivity contribution in [2.24, 2.45) is 17.0 Å². The number of carbonyl (C=O) groups excluding carboxylic acids is 2. The van der Waals surface area contributed by atoms with Crippen molar-refractivity contribution in [1.29, 1.82) is 0 Å². The number of amides is 2. The van der Waals surface area contributed by atoms with Crippen LogP contribution in [-0.2, 0) is 9.53 Å². The minimum absolute atomic E-state index is 0.0594. The highest BCUT2D eigenvalue weighted by molar-refractivity contribution is 5.99. The maximum atomic E-state index is 12.1. The quantitative estimate of drug-likeness (QED) is 0.354. The van der Waals surface area contributed by atoms with Gasteiger partial charge in [0.2, 0.25) is 5.91 Å². The molecular formula is C15H27N3O4. The number of rotatable bonds is 2. The molecule has 0 radical (unpaired) electrons. The van der Waals surface area contributed by atoms with Crippen LogP contribution in [-0.4, -0.2) is 46.6 Å². The lowest BCUT2D eigenvalue weighted by molar-refractivity contribution is -0.125. The van der Waals surface area contributed by atoms with Gasteiger partial charge in [-0.05, 0) is 33.6 Å². The van der Waals surface area contributed by atoms with Crippen molar-refractivity contribution in [2.45, 2.75) is 53.1 Å². The van der Waals surface area contributed by atoms with E-state index in [2.05, 4.69) is 10.5 Å². The molecule has 22 heavy (non-hydrogen) atoms. The van der Waals surface area contributed by atoms with Gasteiger partial charge in [0.15, 0.2) is 5.84 Å². The van der Waals surface area contributed by atoms with Crippen LogP contribution < -0.4 is 5.32 Å². The van der Waals surface area contributed by atoms with E-state index >= 15 is 0 Å². The Hall–Kier alpha value is -1.79. The fraction of sp³-hybridized carbons (Fsp3) is 0.800. The van der Waals surface area contributed by atoms with Crippen LogP contribution in [0.15, 0.2) is 5.16 Å². The molecular weight excluding hydrogens is 286 g/mol. The predicted octanol–water partition coefficient (Wildman–Crippen LogP) is 2.19. The summed E-state index contributed by atoms with van der Waals surface area (Å²) in [5.74, 6) is -0.144. The third-order valence-corrected chi connectivity index (χ3v) is 3.42. The van der Waals surface area contributed by atoms with Crippen molar-refractivity contribution in [3.8, 4) is 0 Å². The average molecular weight is 313 g/mol. The van der Waals surface area contributed by atoms with Crippen LogP contribution in [0, 0.1) is 11.8 Å². The van der Waals surface area contributed by atoms with Gasteiger partial charge in [-0.25, -0.2) is 4.79 Å². The summed E-state index contributed by atoms with van der Waals surface area (Å²) in [5.41, 5.74) is -0.519. The molecule has 1 saturated heterocycles. The van der Waals surface area contributed by atoms with E-state index in [1.807, 2.05) is 34.6 Å². The molecule has 1 aliphatic heterocycles. The summed E-state index contributed by atoms with van der Waals surface area (Å²) in [7, 11) is 0. The summed E-state index contributed by atoms with van der Waals surface area (Å²) in [6, 6.07) is 0. The van der Waals surface area contributed by atoms with E-state index in [1.165, 1.54) is 0 Å². The minimum Gasteiger partial charge on any atom is -0.444 e. The van der Waals surface area contributed by atoms with Crippen molar-refractivity contribution in [2.75, 3.05) is 13.1 Å². The van der Waals surface area contributed by atoms with Gasteiger partial charge < -0.3 is 20.2 Å². The van der Waals surface area contributed by atoms with E-state index in [0.29, 0.717) is 25.9 Å². The molecule has 0 unspecified atom stereocenters. The highest BCUT2D eigenvalue weighted by Crippen LogP contribution is 2.20. The topological polar surface area (TPSA) is 91.2 Å². The fourth-order valence-corrected chi connectivity index (χ4v) is 2.16. The van der Waals surface area contributed by atoms with Gasteiger partial charge >= 0.3 is 6.09 Å². The van der Waals surface area contributed by atoms with E-state index < -0.39 is 5.60 Å². The second-order valence-corrected chi connectivity index (χ2v) is 6.87. The van der Waals surface area contributed by atoms with Gasteiger partial charge in [0.1, 0.15) is 5.60 Å². The molecule has 7 nitrogen and oxygen atoms in total. The molecule has 0 saturated carbocycles. The SMILES string of the molecule is CC(C)/C(=N/O)NC(=O)C1CCN(C(=O)OC(C)(C)C)CC1. The minimum atomic E-state index is -0.519. The molecule has 0 aromatic heterocycles. The van der Waals surface area contributed by atoms with Crippen LogP contribution in [0.3, 0.4) is 0 Å². The molecule has 1 rings (SSSR count). The molecule has 0 bridgehead atoms. The van der Waals surface area contributed by atoms with Crippen LogP contribution in [0.1, 0.15) is 47.5 Å². The highest BCUT2D eigenvalue weighted by atomic mass is 16.6. The number of hydrogen-bond acceptors (Lipinski definition) is 5. The number of carbonyl (C=O) groups is 2. The summed E-state index contributed by atoms with van der Waals surface area (Å²) < 4.78 is 5.32. The third kappa shape index (κ3) is 5.54. The number of piperidine rings is 1. The summed E-state index contributed by atoms with van der Waals surface area (Å²) in [6.07, 6.45) is 0.801. The van der Waals surface area contributed by atoms with Crippen LogP contribution in [0.25, 0.3) is 0 Å². The summed E-state index contributed by atoms with van der Waals surface area (Å²) in [4.78, 5) is 25.7. The fourth-order valence-electron chi connectivity index (χ4n) is 2.16. The lowest BCUT2D eigenvalue weighted by atomic mass is 9.96. The number of likely N-dealkylation sites (tertiary alicyclic amines) is 1. The van der Waals surface area contributed by atoms with E-state index in [9.17, 15) is 9.59 Å². The first-order chi connectivity index (χ1) is 10.1. The van der Waals surface area contributed by atoms with E-state index in [0.717, 1.165) is 0 Å². The van der Waals surface area contributed by atoms with Crippen molar-refractivity contribution < 1.29 is 19.5 Å². The number of amidine groups is 1. The van der Waals surface area contributed by atoms with Crippen molar-refractivity contribution in [3.05, 3.63) is 0 Å². The molecule has 0 aliphatic carbocycles. The largest absolute Gasteiger partial charge is 0.444 e. The molecule has 2 amide bonds. The highest BCUT2D eigenvalue weighted by Gasteiger charge is 2.30. The molecule has 1 heterocycles. The smallest absolute Gasteiger partial charge is 0.410 e. The predicted molar refractivity (Wildman–Crippen MR) is 82.7 cm³/mol. The van der Waals surface area contributed by atoms with E-state index in [-0.39, 0.29) is 29.7 Å². The molecule has 0 spiro atoms. The van der Waals surface area contributed by atoms with Gasteiger partial charge in [-0.3, -0.25) is 4.79 Å². The third-order valence-electron chi connectivity index (χ3n) is 3.42. The first-order valence-corrected chi connectivity index (χ1v) is 7.64. The molecule has 0 aromatic rings. The zero-order chi connectivity index (χ0) is 16.9. The Labute approximate surface area is 131 Å². The number of ether oxygens (including phenoxy) is 1. The number of hydrogen-bond donors (Lipinski definition) is 2. The van der Waals surface area contributed by atoms with Gasteiger partial charge in [0, 0.05) is 24.9 Å². The standard InChI is InChI=1S/C15H27N3O4/c1-10(2)12(17-21)16-13(19)11-6-8-18(9-7-11)14(20)22-15(3,4)5/h10-11,21H,6-9H2,1-5H3,(H,16,17,19). The normalized spacial score (nSPS) is 17.5. The first kappa shape index (κ1) is 18.3. The van der Waals surface area contributed by atoms with Gasteiger partial charge in [0.25, 0.3) is 0 Å². The molecule has 0 aromatic carbocycles. The van der Waals surface area contributed by atoms with Crippen LogP contribution in [0.5, 0.6) is 0 Å². The Bertz CT molecular complexity index is 433. The molecule has 1 fully saturated rings. The van der Waals surface area contributed by atoms with Gasteiger partial charge in [-0.1, -0.05) is 19.0 Å². The molecule has 2 N–H and O–H groups in total. The number of oxime groups is 1. The Morgan fingerprint density at radius 3 is 2.23 bits per heavy atom. The zero-order valence-electron chi connectivity index (χ0n) is 14.0. The second-order valence-electron chi connectivity index (χ2n) is 6.87. The molecule has 7 heteroatoms. The Morgan fingerprint density at radius 2 is 1.82 bits per heavy atom. The Morgan fingerprint density at radius 1 is 1.27 bits per heavy atom. The van der Waals surface area contributed by atoms with E-state index in [1.54, 1.807) is 4.90 Å². The first-order valence-electron chi connectivity index (χ1n) is 7.64. The summed E-state index contributed by atoms with van der Waals surface area (Å²) in [6.45, 7) is 10.1. The molecule has 0 atom stereocenters. The maximum Gasteiger partial charge on any atom is 0.410 e. The Balaban J connectivity index is 2.48. The number of nitrogens with one attached hydrogen (secondary N) is 1. The van der Waals surface area contributed by atoms with Gasteiger partial charge in [0.05, 0.1) is 0 Å². The average Bonchev–Trinajstić information content (AvgIpc) is 2.42. The van der Waals surface area contributed by atoms with Crippen LogP contribution in [0.2, 0.25) is 0 Å². The Kier molecular flexibility index (Phi) is 6.20. The summed E-state index contributed by atoms with van der Waals surface area (Å²) in [5, 5.41) is 14.6. The molecule has 1 aliphatic rings. The monoisotopic (exact) mass is 313 g/mol. The van der Waals surface area contributed by atoms with Crippen LogP contribution in [0.4, 0.5) is 4.79 Å². The second kappa shape index (κ2) is 7.47. The molecule has 126 valence electrons. The van der Waals surface area contributed by atoms with Gasteiger partial charge in [-0.2, -0.15) is 0 Å². The van der Waals surface area contributed by atoms with Crippen molar-refractivity contribution in [1.82, 2.24) is 10.2 Å². The number of nitrogens with zero attached hydrogens (tertiary/aromatic N) is 2. The maximum absolute atomic E-state index is 12.1. The lowest BCUT2D eigenvalue weighted by Crippen LogP contribution is -2.46.